The van der Waals surface area contributed by atoms with Gasteiger partial charge in [-0.25, -0.2) is 4.98 Å². The van der Waals surface area contributed by atoms with Crippen molar-refractivity contribution >= 4 is 11.6 Å². The first-order valence-corrected chi connectivity index (χ1v) is 6.50. The van der Waals surface area contributed by atoms with Crippen LogP contribution in [0.4, 0.5) is 0 Å². The van der Waals surface area contributed by atoms with Crippen molar-refractivity contribution in [1.29, 1.82) is 5.26 Å². The molecule has 0 aliphatic heterocycles. The van der Waals surface area contributed by atoms with Gasteiger partial charge in [-0.15, -0.1) is 0 Å². The number of nitrogens with zero attached hydrogens (tertiary/aromatic N) is 2. The second kappa shape index (κ2) is 4.91. The molecule has 1 heterocycles. The van der Waals surface area contributed by atoms with Crippen LogP contribution in [0, 0.1) is 11.3 Å². The molecule has 0 atom stereocenters. The molecule has 0 spiro atoms. The Morgan fingerprint density at radius 2 is 2.00 bits per heavy atom. The van der Waals surface area contributed by atoms with E-state index in [1.807, 2.05) is 18.2 Å². The normalized spacial score (nSPS) is 12.8. The molecule has 0 N–H and O–H groups in total. The first kappa shape index (κ1) is 12.0. The second-order valence-corrected chi connectivity index (χ2v) is 4.90. The summed E-state index contributed by atoms with van der Waals surface area (Å²) >= 11 is 5.85. The lowest BCUT2D eigenvalue weighted by atomic mass is 10.1. The van der Waals surface area contributed by atoms with Crippen LogP contribution >= 0.6 is 11.6 Å². The Bertz CT molecular complexity index is 676. The fourth-order valence-electron chi connectivity index (χ4n) is 2.32. The van der Waals surface area contributed by atoms with Crippen LogP contribution < -0.4 is 4.74 Å². The first-order chi connectivity index (χ1) is 9.24. The summed E-state index contributed by atoms with van der Waals surface area (Å²) in [7, 11) is 0. The minimum Gasteiger partial charge on any atom is -0.439 e. The van der Waals surface area contributed by atoms with Gasteiger partial charge in [0.05, 0.1) is 11.6 Å². The number of hydrogen-bond donors (Lipinski definition) is 0. The van der Waals surface area contributed by atoms with Gasteiger partial charge >= 0.3 is 0 Å². The molecular formula is C15H11ClN2O. The molecular weight excluding hydrogens is 260 g/mol. The van der Waals surface area contributed by atoms with Gasteiger partial charge in [-0.2, -0.15) is 5.26 Å². The van der Waals surface area contributed by atoms with E-state index in [-0.39, 0.29) is 5.15 Å². The fourth-order valence-corrected chi connectivity index (χ4v) is 2.52. The first-order valence-electron chi connectivity index (χ1n) is 6.12. The summed E-state index contributed by atoms with van der Waals surface area (Å²) in [4.78, 5) is 4.06. The van der Waals surface area contributed by atoms with Gasteiger partial charge in [0.15, 0.2) is 0 Å². The molecule has 0 amide bonds. The number of nitriles is 1. The van der Waals surface area contributed by atoms with Crippen molar-refractivity contribution < 1.29 is 4.74 Å². The molecule has 3 nitrogen and oxygen atoms in total. The highest BCUT2D eigenvalue weighted by atomic mass is 35.5. The number of pyridine rings is 1. The predicted molar refractivity (Wildman–Crippen MR) is 72.5 cm³/mol. The average Bonchev–Trinajstić information content (AvgIpc) is 2.85. The van der Waals surface area contributed by atoms with E-state index < -0.39 is 0 Å². The molecule has 0 saturated heterocycles. The van der Waals surface area contributed by atoms with E-state index in [9.17, 15) is 0 Å². The molecule has 0 saturated carbocycles. The molecule has 94 valence electrons. The number of hydrogen-bond acceptors (Lipinski definition) is 3. The standard InChI is InChI=1S/C15H11ClN2O/c16-14-6-10(9-17)7-15(18-14)19-13-5-4-11-2-1-3-12(11)8-13/h4-8H,1-3H2. The van der Waals surface area contributed by atoms with Crippen LogP contribution in [-0.4, -0.2) is 4.98 Å². The van der Waals surface area contributed by atoms with E-state index in [1.54, 1.807) is 6.07 Å². The minimum atomic E-state index is 0.259. The van der Waals surface area contributed by atoms with E-state index in [2.05, 4.69) is 11.1 Å². The molecule has 3 rings (SSSR count). The summed E-state index contributed by atoms with van der Waals surface area (Å²) in [6, 6.07) is 11.2. The van der Waals surface area contributed by atoms with E-state index in [4.69, 9.17) is 21.6 Å². The Kier molecular flexibility index (Phi) is 3.10. The van der Waals surface area contributed by atoms with Gasteiger partial charge in [0, 0.05) is 6.07 Å². The maximum atomic E-state index is 8.89. The van der Waals surface area contributed by atoms with Crippen LogP contribution in [0.1, 0.15) is 23.1 Å². The quantitative estimate of drug-likeness (QED) is 0.778. The molecule has 0 radical (unpaired) electrons. The molecule has 4 heteroatoms. The summed E-state index contributed by atoms with van der Waals surface area (Å²) in [6.07, 6.45) is 3.44. The Balaban J connectivity index is 1.89. The molecule has 1 aliphatic carbocycles. The Hall–Kier alpha value is -2.05. The zero-order valence-corrected chi connectivity index (χ0v) is 10.9. The van der Waals surface area contributed by atoms with Gasteiger partial charge in [-0.3, -0.25) is 0 Å². The van der Waals surface area contributed by atoms with E-state index >= 15 is 0 Å². The van der Waals surface area contributed by atoms with Gasteiger partial charge in [0.1, 0.15) is 10.9 Å². The van der Waals surface area contributed by atoms with Crippen molar-refractivity contribution in [1.82, 2.24) is 4.98 Å². The Morgan fingerprint density at radius 3 is 2.84 bits per heavy atom. The third-order valence-corrected chi connectivity index (χ3v) is 3.39. The smallest absolute Gasteiger partial charge is 0.221 e. The van der Waals surface area contributed by atoms with Crippen LogP contribution in [0.25, 0.3) is 0 Å². The summed E-state index contributed by atoms with van der Waals surface area (Å²) < 4.78 is 5.68. The number of fused-ring (bicyclic) bond motifs is 1. The third-order valence-electron chi connectivity index (χ3n) is 3.19. The molecule has 19 heavy (non-hydrogen) atoms. The summed E-state index contributed by atoms with van der Waals surface area (Å²) in [5.41, 5.74) is 3.17. The zero-order valence-electron chi connectivity index (χ0n) is 10.2. The highest BCUT2D eigenvalue weighted by Crippen LogP contribution is 2.29. The predicted octanol–water partition coefficient (Wildman–Crippen LogP) is 3.89. The van der Waals surface area contributed by atoms with Gasteiger partial charge in [0.25, 0.3) is 0 Å². The number of rotatable bonds is 2. The van der Waals surface area contributed by atoms with Crippen molar-refractivity contribution in [2.45, 2.75) is 19.3 Å². The topological polar surface area (TPSA) is 45.9 Å². The summed E-state index contributed by atoms with van der Waals surface area (Å²) in [6.45, 7) is 0. The van der Waals surface area contributed by atoms with Crippen molar-refractivity contribution in [2.75, 3.05) is 0 Å². The van der Waals surface area contributed by atoms with E-state index in [1.165, 1.54) is 23.6 Å². The zero-order chi connectivity index (χ0) is 13.2. The maximum Gasteiger partial charge on any atom is 0.221 e. The highest BCUT2D eigenvalue weighted by Gasteiger charge is 2.12. The molecule has 0 unspecified atom stereocenters. The average molecular weight is 271 g/mol. The SMILES string of the molecule is N#Cc1cc(Cl)nc(Oc2ccc3c(c2)CCC3)c1. The van der Waals surface area contributed by atoms with Crippen molar-refractivity contribution in [3.63, 3.8) is 0 Å². The lowest BCUT2D eigenvalue weighted by Crippen LogP contribution is -1.91. The maximum absolute atomic E-state index is 8.89. The van der Waals surface area contributed by atoms with Gasteiger partial charge in [0.2, 0.25) is 5.88 Å². The van der Waals surface area contributed by atoms with Crippen molar-refractivity contribution in [2.24, 2.45) is 0 Å². The lowest BCUT2D eigenvalue weighted by molar-refractivity contribution is 0.462. The van der Waals surface area contributed by atoms with E-state index in [0.29, 0.717) is 11.4 Å². The fraction of sp³-hybridized carbons (Fsp3) is 0.200. The van der Waals surface area contributed by atoms with Gasteiger partial charge in [-0.05, 0) is 48.6 Å². The van der Waals surface area contributed by atoms with Crippen LogP contribution in [-0.2, 0) is 12.8 Å². The second-order valence-electron chi connectivity index (χ2n) is 4.51. The molecule has 0 fully saturated rings. The number of aromatic nitrogens is 1. The van der Waals surface area contributed by atoms with Crippen LogP contribution in [0.5, 0.6) is 11.6 Å². The molecule has 1 aromatic heterocycles. The number of halogens is 1. The van der Waals surface area contributed by atoms with Crippen LogP contribution in [0.15, 0.2) is 30.3 Å². The van der Waals surface area contributed by atoms with Crippen LogP contribution in [0.2, 0.25) is 5.15 Å². The van der Waals surface area contributed by atoms with Gasteiger partial charge < -0.3 is 4.74 Å². The van der Waals surface area contributed by atoms with Gasteiger partial charge in [-0.1, -0.05) is 17.7 Å². The van der Waals surface area contributed by atoms with Crippen molar-refractivity contribution in [3.8, 4) is 17.7 Å². The number of ether oxygens (including phenoxy) is 1. The van der Waals surface area contributed by atoms with Crippen molar-refractivity contribution in [3.05, 3.63) is 52.2 Å². The third kappa shape index (κ3) is 2.54. The molecule has 2 aromatic rings. The van der Waals surface area contributed by atoms with E-state index in [0.717, 1.165) is 18.6 Å². The van der Waals surface area contributed by atoms with Crippen LogP contribution in [0.3, 0.4) is 0 Å². The number of aryl methyl sites for hydroxylation is 2. The minimum absolute atomic E-state index is 0.259. The monoisotopic (exact) mass is 270 g/mol. The molecule has 1 aliphatic rings. The Labute approximate surface area is 116 Å². The Morgan fingerprint density at radius 1 is 1.16 bits per heavy atom. The largest absolute Gasteiger partial charge is 0.439 e. The number of benzene rings is 1. The highest BCUT2D eigenvalue weighted by molar-refractivity contribution is 6.29. The summed E-state index contributed by atoms with van der Waals surface area (Å²) in [5, 5.41) is 9.15. The molecule has 1 aromatic carbocycles. The summed E-state index contributed by atoms with van der Waals surface area (Å²) in [5.74, 6) is 1.08. The molecule has 0 bridgehead atoms. The lowest BCUT2D eigenvalue weighted by Gasteiger charge is -2.07.